The average Bonchev–Trinajstić information content (AvgIpc) is 2.48. The summed E-state index contributed by atoms with van der Waals surface area (Å²) >= 11 is 5.77. The maximum atomic E-state index is 5.86. The number of allylic oxidation sites excluding steroid dienone is 1. The summed E-state index contributed by atoms with van der Waals surface area (Å²) in [4.78, 5) is 10.5. The Balaban J connectivity index is 1.91. The van der Waals surface area contributed by atoms with E-state index in [2.05, 4.69) is 21.4 Å². The Labute approximate surface area is 124 Å². The fraction of sp³-hybridized carbons (Fsp3) is 0.571. The molecule has 1 saturated heterocycles. The number of ether oxygens (including phenoxy) is 2. The Kier molecular flexibility index (Phi) is 6.24. The molecule has 2 heterocycles. The molecule has 1 unspecified atom stereocenters. The van der Waals surface area contributed by atoms with Crippen LogP contribution in [0.5, 0.6) is 6.01 Å². The van der Waals surface area contributed by atoms with E-state index in [1.54, 1.807) is 12.4 Å². The maximum Gasteiger partial charge on any atom is 0.316 e. The Hall–Kier alpha value is -1.17. The number of halogens is 1. The molecule has 0 spiro atoms. The summed E-state index contributed by atoms with van der Waals surface area (Å²) in [5.41, 5.74) is 0. The first-order valence-electron chi connectivity index (χ1n) is 6.83. The predicted octanol–water partition coefficient (Wildman–Crippen LogP) is 2.18. The van der Waals surface area contributed by atoms with Gasteiger partial charge in [0.1, 0.15) is 6.10 Å². The number of hydrogen-bond acceptors (Lipinski definition) is 5. The van der Waals surface area contributed by atoms with Gasteiger partial charge in [0.15, 0.2) is 0 Å². The minimum atomic E-state index is 0.0484. The van der Waals surface area contributed by atoms with E-state index in [-0.39, 0.29) is 6.10 Å². The lowest BCUT2D eigenvalue weighted by Crippen LogP contribution is -2.42. The van der Waals surface area contributed by atoms with Gasteiger partial charge in [-0.3, -0.25) is 4.90 Å². The zero-order chi connectivity index (χ0) is 14.2. The lowest BCUT2D eigenvalue weighted by Gasteiger charge is -2.30. The molecule has 6 heteroatoms. The monoisotopic (exact) mass is 297 g/mol. The molecule has 0 aliphatic carbocycles. The van der Waals surface area contributed by atoms with Crippen LogP contribution >= 0.6 is 11.6 Å². The van der Waals surface area contributed by atoms with Crippen molar-refractivity contribution in [2.24, 2.45) is 0 Å². The topological polar surface area (TPSA) is 47.5 Å². The molecular formula is C14H20ClN3O2. The molecular weight excluding hydrogens is 278 g/mol. The van der Waals surface area contributed by atoms with Gasteiger partial charge >= 0.3 is 6.01 Å². The fourth-order valence-corrected chi connectivity index (χ4v) is 2.17. The molecule has 1 aromatic heterocycles. The molecule has 5 nitrogen and oxygen atoms in total. The molecule has 20 heavy (non-hydrogen) atoms. The Bertz CT molecular complexity index is 407. The number of nitrogens with zero attached hydrogens (tertiary/aromatic N) is 3. The van der Waals surface area contributed by atoms with E-state index in [0.29, 0.717) is 11.0 Å². The first-order valence-corrected chi connectivity index (χ1v) is 7.21. The molecule has 0 bridgehead atoms. The van der Waals surface area contributed by atoms with Crippen LogP contribution in [-0.2, 0) is 4.74 Å². The van der Waals surface area contributed by atoms with Crippen molar-refractivity contribution in [3.8, 4) is 6.01 Å². The minimum Gasteiger partial charge on any atom is -0.459 e. The van der Waals surface area contributed by atoms with E-state index in [4.69, 9.17) is 21.1 Å². The van der Waals surface area contributed by atoms with E-state index in [0.717, 1.165) is 45.7 Å². The third kappa shape index (κ3) is 5.07. The summed E-state index contributed by atoms with van der Waals surface area (Å²) in [7, 11) is 0. The second-order valence-corrected chi connectivity index (χ2v) is 5.14. The average molecular weight is 298 g/mol. The van der Waals surface area contributed by atoms with E-state index in [1.807, 2.05) is 6.08 Å². The van der Waals surface area contributed by atoms with Crippen LogP contribution in [-0.4, -0.2) is 53.8 Å². The standard InChI is InChI=1S/C14H20ClN3O2/c1-2-3-4-13(11-18-5-7-19-8-6-18)20-14-16-9-12(15)10-17-14/h2,9-10,13H,1,3-8,11H2. The van der Waals surface area contributed by atoms with Gasteiger partial charge in [0.2, 0.25) is 0 Å². The third-order valence-electron chi connectivity index (χ3n) is 3.13. The van der Waals surface area contributed by atoms with E-state index < -0.39 is 0 Å². The summed E-state index contributed by atoms with van der Waals surface area (Å²) < 4.78 is 11.2. The Morgan fingerprint density at radius 1 is 1.40 bits per heavy atom. The molecule has 1 atom stereocenters. The van der Waals surface area contributed by atoms with Gasteiger partial charge in [0, 0.05) is 19.6 Å². The number of aromatic nitrogens is 2. The quantitative estimate of drug-likeness (QED) is 0.722. The minimum absolute atomic E-state index is 0.0484. The van der Waals surface area contributed by atoms with Crippen LogP contribution < -0.4 is 4.74 Å². The molecule has 0 aromatic carbocycles. The highest BCUT2D eigenvalue weighted by molar-refractivity contribution is 6.30. The second kappa shape index (κ2) is 8.19. The lowest BCUT2D eigenvalue weighted by atomic mass is 10.2. The lowest BCUT2D eigenvalue weighted by molar-refractivity contribution is 0.0166. The second-order valence-electron chi connectivity index (χ2n) is 4.70. The highest BCUT2D eigenvalue weighted by Gasteiger charge is 2.18. The van der Waals surface area contributed by atoms with Crippen LogP contribution in [0.1, 0.15) is 12.8 Å². The molecule has 1 aliphatic rings. The van der Waals surface area contributed by atoms with Gasteiger partial charge in [-0.25, -0.2) is 9.97 Å². The van der Waals surface area contributed by atoms with Crippen molar-refractivity contribution in [3.63, 3.8) is 0 Å². The molecule has 1 aliphatic heterocycles. The van der Waals surface area contributed by atoms with Crippen LogP contribution in [0.4, 0.5) is 0 Å². The first kappa shape index (κ1) is 15.2. The van der Waals surface area contributed by atoms with Crippen LogP contribution in [0.25, 0.3) is 0 Å². The van der Waals surface area contributed by atoms with Gasteiger partial charge < -0.3 is 9.47 Å². The molecule has 0 amide bonds. The number of hydrogen-bond donors (Lipinski definition) is 0. The highest BCUT2D eigenvalue weighted by atomic mass is 35.5. The number of rotatable bonds is 7. The van der Waals surface area contributed by atoms with Crippen LogP contribution in [0, 0.1) is 0 Å². The normalized spacial score (nSPS) is 17.6. The summed E-state index contributed by atoms with van der Waals surface area (Å²) in [6.45, 7) is 8.06. The van der Waals surface area contributed by atoms with Gasteiger partial charge in [-0.05, 0) is 12.8 Å². The first-order chi connectivity index (χ1) is 9.78. The van der Waals surface area contributed by atoms with Crippen molar-refractivity contribution in [1.29, 1.82) is 0 Å². The zero-order valence-electron chi connectivity index (χ0n) is 11.5. The van der Waals surface area contributed by atoms with Gasteiger partial charge in [-0.1, -0.05) is 17.7 Å². The van der Waals surface area contributed by atoms with Gasteiger partial charge in [0.25, 0.3) is 0 Å². The van der Waals surface area contributed by atoms with Gasteiger partial charge in [-0.15, -0.1) is 6.58 Å². The van der Waals surface area contributed by atoms with Crippen molar-refractivity contribution in [2.75, 3.05) is 32.8 Å². The maximum absolute atomic E-state index is 5.86. The van der Waals surface area contributed by atoms with E-state index in [9.17, 15) is 0 Å². The van der Waals surface area contributed by atoms with Crippen molar-refractivity contribution in [1.82, 2.24) is 14.9 Å². The summed E-state index contributed by atoms with van der Waals surface area (Å²) in [6, 6.07) is 0.372. The third-order valence-corrected chi connectivity index (χ3v) is 3.32. The van der Waals surface area contributed by atoms with Gasteiger partial charge in [0.05, 0.1) is 30.6 Å². The Morgan fingerprint density at radius 2 is 2.10 bits per heavy atom. The molecule has 1 aromatic rings. The van der Waals surface area contributed by atoms with E-state index in [1.165, 1.54) is 0 Å². The summed E-state index contributed by atoms with van der Waals surface area (Å²) in [5.74, 6) is 0. The Morgan fingerprint density at radius 3 is 2.75 bits per heavy atom. The van der Waals surface area contributed by atoms with Crippen molar-refractivity contribution in [3.05, 3.63) is 30.1 Å². The van der Waals surface area contributed by atoms with Gasteiger partial charge in [-0.2, -0.15) is 0 Å². The molecule has 1 fully saturated rings. The largest absolute Gasteiger partial charge is 0.459 e. The van der Waals surface area contributed by atoms with Crippen LogP contribution in [0.15, 0.2) is 25.0 Å². The molecule has 2 rings (SSSR count). The van der Waals surface area contributed by atoms with Crippen molar-refractivity contribution >= 4 is 11.6 Å². The summed E-state index contributed by atoms with van der Waals surface area (Å²) in [5, 5.41) is 0.508. The van der Waals surface area contributed by atoms with Crippen LogP contribution in [0.3, 0.4) is 0 Å². The van der Waals surface area contributed by atoms with E-state index >= 15 is 0 Å². The predicted molar refractivity (Wildman–Crippen MR) is 78.1 cm³/mol. The summed E-state index contributed by atoms with van der Waals surface area (Å²) in [6.07, 6.45) is 6.84. The smallest absolute Gasteiger partial charge is 0.316 e. The molecule has 0 saturated carbocycles. The fourth-order valence-electron chi connectivity index (χ4n) is 2.07. The molecule has 110 valence electrons. The zero-order valence-corrected chi connectivity index (χ0v) is 12.3. The van der Waals surface area contributed by atoms with Crippen molar-refractivity contribution in [2.45, 2.75) is 18.9 Å². The highest BCUT2D eigenvalue weighted by Crippen LogP contribution is 2.13. The van der Waals surface area contributed by atoms with Crippen molar-refractivity contribution < 1.29 is 9.47 Å². The molecule has 0 N–H and O–H groups in total. The van der Waals surface area contributed by atoms with Crippen LogP contribution in [0.2, 0.25) is 5.02 Å². The molecule has 0 radical (unpaired) electrons. The number of morpholine rings is 1. The SMILES string of the molecule is C=CCCC(CN1CCOCC1)Oc1ncc(Cl)cn1.